The lowest BCUT2D eigenvalue weighted by atomic mass is 10.2. The van der Waals surface area contributed by atoms with Crippen LogP contribution in [0.5, 0.6) is 0 Å². The molecule has 0 spiro atoms. The Bertz CT molecular complexity index is 651. The highest BCUT2D eigenvalue weighted by atomic mass is 16.5. The van der Waals surface area contributed by atoms with Gasteiger partial charge in [0, 0.05) is 44.6 Å². The van der Waals surface area contributed by atoms with Crippen LogP contribution in [0.3, 0.4) is 0 Å². The SMILES string of the molecule is Cc1nc(Nc2ccc(N(C)C)cc2)cc(N2CCOCC2)n1. The minimum Gasteiger partial charge on any atom is -0.378 e. The minimum absolute atomic E-state index is 0.748. The second-order valence-corrected chi connectivity index (χ2v) is 5.82. The fourth-order valence-electron chi connectivity index (χ4n) is 2.56. The highest BCUT2D eigenvalue weighted by Crippen LogP contribution is 2.22. The van der Waals surface area contributed by atoms with Crippen molar-refractivity contribution in [1.29, 1.82) is 0 Å². The van der Waals surface area contributed by atoms with E-state index in [1.807, 2.05) is 27.1 Å². The molecule has 1 aromatic heterocycles. The quantitative estimate of drug-likeness (QED) is 0.935. The summed E-state index contributed by atoms with van der Waals surface area (Å²) in [5.41, 5.74) is 2.19. The second kappa shape index (κ2) is 6.83. The third kappa shape index (κ3) is 3.90. The van der Waals surface area contributed by atoms with E-state index in [-0.39, 0.29) is 0 Å². The Hall–Kier alpha value is -2.34. The highest BCUT2D eigenvalue weighted by Gasteiger charge is 2.14. The molecule has 3 rings (SSSR count). The molecule has 1 saturated heterocycles. The monoisotopic (exact) mass is 313 g/mol. The topological polar surface area (TPSA) is 53.5 Å². The van der Waals surface area contributed by atoms with E-state index in [4.69, 9.17) is 4.74 Å². The molecule has 2 heterocycles. The maximum absolute atomic E-state index is 5.40. The molecule has 0 bridgehead atoms. The summed E-state index contributed by atoms with van der Waals surface area (Å²) in [7, 11) is 4.07. The fourth-order valence-corrected chi connectivity index (χ4v) is 2.56. The van der Waals surface area contributed by atoms with Crippen LogP contribution in [0.15, 0.2) is 30.3 Å². The zero-order valence-electron chi connectivity index (χ0n) is 13.9. The molecule has 1 aliphatic rings. The maximum Gasteiger partial charge on any atom is 0.136 e. The lowest BCUT2D eigenvalue weighted by Gasteiger charge is -2.28. The van der Waals surface area contributed by atoms with E-state index in [9.17, 15) is 0 Å². The molecular weight excluding hydrogens is 290 g/mol. The normalized spacial score (nSPS) is 14.7. The number of nitrogens with zero attached hydrogens (tertiary/aromatic N) is 4. The average molecular weight is 313 g/mol. The van der Waals surface area contributed by atoms with Crippen molar-refractivity contribution in [3.05, 3.63) is 36.2 Å². The number of aryl methyl sites for hydroxylation is 1. The van der Waals surface area contributed by atoms with Gasteiger partial charge < -0.3 is 19.9 Å². The van der Waals surface area contributed by atoms with Crippen molar-refractivity contribution in [2.24, 2.45) is 0 Å². The zero-order valence-corrected chi connectivity index (χ0v) is 13.9. The van der Waals surface area contributed by atoms with Crippen LogP contribution >= 0.6 is 0 Å². The molecule has 0 saturated carbocycles. The van der Waals surface area contributed by atoms with Crippen LogP contribution in [-0.4, -0.2) is 50.4 Å². The highest BCUT2D eigenvalue weighted by molar-refractivity contribution is 5.62. The molecule has 1 aromatic carbocycles. The van der Waals surface area contributed by atoms with Crippen molar-refractivity contribution in [2.45, 2.75) is 6.92 Å². The van der Waals surface area contributed by atoms with Gasteiger partial charge in [-0.3, -0.25) is 0 Å². The lowest BCUT2D eigenvalue weighted by molar-refractivity contribution is 0.122. The zero-order chi connectivity index (χ0) is 16.2. The van der Waals surface area contributed by atoms with Gasteiger partial charge in [-0.2, -0.15) is 0 Å². The Labute approximate surface area is 137 Å². The molecule has 2 aromatic rings. The van der Waals surface area contributed by atoms with Crippen LogP contribution in [-0.2, 0) is 4.74 Å². The van der Waals surface area contributed by atoms with E-state index in [1.54, 1.807) is 0 Å². The van der Waals surface area contributed by atoms with Crippen LogP contribution < -0.4 is 15.1 Å². The van der Waals surface area contributed by atoms with Gasteiger partial charge in [0.25, 0.3) is 0 Å². The Morgan fingerprint density at radius 2 is 1.78 bits per heavy atom. The van der Waals surface area contributed by atoms with Crippen molar-refractivity contribution >= 4 is 23.0 Å². The van der Waals surface area contributed by atoms with Crippen molar-refractivity contribution in [1.82, 2.24) is 9.97 Å². The van der Waals surface area contributed by atoms with Crippen LogP contribution in [0.4, 0.5) is 23.0 Å². The Morgan fingerprint density at radius 1 is 1.09 bits per heavy atom. The fraction of sp³-hybridized carbons (Fsp3) is 0.412. The molecule has 6 heteroatoms. The number of aromatic nitrogens is 2. The molecule has 0 amide bonds. The summed E-state index contributed by atoms with van der Waals surface area (Å²) in [5, 5.41) is 3.36. The van der Waals surface area contributed by atoms with Crippen molar-refractivity contribution in [3.63, 3.8) is 0 Å². The van der Waals surface area contributed by atoms with Gasteiger partial charge in [0.1, 0.15) is 17.5 Å². The van der Waals surface area contributed by atoms with E-state index in [1.165, 1.54) is 5.69 Å². The smallest absolute Gasteiger partial charge is 0.136 e. The molecule has 1 aliphatic heterocycles. The molecule has 0 unspecified atom stereocenters. The molecule has 0 aliphatic carbocycles. The molecule has 1 N–H and O–H groups in total. The number of rotatable bonds is 4. The van der Waals surface area contributed by atoms with Crippen molar-refractivity contribution < 1.29 is 4.74 Å². The summed E-state index contributed by atoms with van der Waals surface area (Å²) in [4.78, 5) is 13.4. The summed E-state index contributed by atoms with van der Waals surface area (Å²) < 4.78 is 5.40. The van der Waals surface area contributed by atoms with Crippen LogP contribution in [0.2, 0.25) is 0 Å². The Balaban J connectivity index is 1.78. The van der Waals surface area contributed by atoms with Crippen molar-refractivity contribution in [3.8, 4) is 0 Å². The largest absolute Gasteiger partial charge is 0.378 e. The van der Waals surface area contributed by atoms with E-state index in [0.29, 0.717) is 0 Å². The van der Waals surface area contributed by atoms with Crippen LogP contribution in [0, 0.1) is 6.92 Å². The van der Waals surface area contributed by atoms with Gasteiger partial charge in [0.05, 0.1) is 13.2 Å². The molecule has 0 radical (unpaired) electrons. The van der Waals surface area contributed by atoms with E-state index >= 15 is 0 Å². The van der Waals surface area contributed by atoms with Gasteiger partial charge in [0.2, 0.25) is 0 Å². The van der Waals surface area contributed by atoms with Gasteiger partial charge in [-0.25, -0.2) is 9.97 Å². The van der Waals surface area contributed by atoms with Gasteiger partial charge in [-0.15, -0.1) is 0 Å². The summed E-state index contributed by atoms with van der Waals surface area (Å²) in [6, 6.07) is 10.3. The van der Waals surface area contributed by atoms with Crippen molar-refractivity contribution in [2.75, 3.05) is 55.5 Å². The average Bonchev–Trinajstić information content (AvgIpc) is 2.55. The second-order valence-electron chi connectivity index (χ2n) is 5.82. The van der Waals surface area contributed by atoms with Crippen LogP contribution in [0.1, 0.15) is 5.82 Å². The number of ether oxygens (including phenoxy) is 1. The first kappa shape index (κ1) is 15.6. The third-order valence-electron chi connectivity index (χ3n) is 3.82. The Morgan fingerprint density at radius 3 is 2.43 bits per heavy atom. The van der Waals surface area contributed by atoms with E-state index in [2.05, 4.69) is 49.4 Å². The van der Waals surface area contributed by atoms with Gasteiger partial charge in [0.15, 0.2) is 0 Å². The number of morpholine rings is 1. The first-order valence-electron chi connectivity index (χ1n) is 7.84. The number of anilines is 4. The maximum atomic E-state index is 5.40. The first-order valence-corrected chi connectivity index (χ1v) is 7.84. The standard InChI is InChI=1S/C17H23N5O/c1-13-18-16(12-17(19-13)22-8-10-23-11-9-22)20-14-4-6-15(7-5-14)21(2)3/h4-7,12H,8-11H2,1-3H3,(H,18,19,20). The molecular formula is C17H23N5O. The van der Waals surface area contributed by atoms with E-state index in [0.717, 1.165) is 49.5 Å². The molecule has 0 atom stereocenters. The molecule has 6 nitrogen and oxygen atoms in total. The number of nitrogens with one attached hydrogen (secondary N) is 1. The van der Waals surface area contributed by atoms with Gasteiger partial charge >= 0.3 is 0 Å². The first-order chi connectivity index (χ1) is 11.1. The lowest BCUT2D eigenvalue weighted by Crippen LogP contribution is -2.36. The minimum atomic E-state index is 0.748. The predicted octanol–water partition coefficient (Wildman–Crippen LogP) is 2.43. The Kier molecular flexibility index (Phi) is 4.62. The number of benzene rings is 1. The summed E-state index contributed by atoms with van der Waals surface area (Å²) >= 11 is 0. The molecule has 1 fully saturated rings. The summed E-state index contributed by atoms with van der Waals surface area (Å²) in [5.74, 6) is 2.53. The molecule has 122 valence electrons. The van der Waals surface area contributed by atoms with Gasteiger partial charge in [-0.05, 0) is 31.2 Å². The summed E-state index contributed by atoms with van der Waals surface area (Å²) in [6.45, 7) is 5.15. The van der Waals surface area contributed by atoms with E-state index < -0.39 is 0 Å². The number of hydrogen-bond acceptors (Lipinski definition) is 6. The van der Waals surface area contributed by atoms with Gasteiger partial charge in [-0.1, -0.05) is 0 Å². The predicted molar refractivity (Wildman–Crippen MR) is 93.9 cm³/mol. The molecule has 23 heavy (non-hydrogen) atoms. The number of hydrogen-bond donors (Lipinski definition) is 1. The third-order valence-corrected chi connectivity index (χ3v) is 3.82. The summed E-state index contributed by atoms with van der Waals surface area (Å²) in [6.07, 6.45) is 0. The van der Waals surface area contributed by atoms with Crippen LogP contribution in [0.25, 0.3) is 0 Å².